The van der Waals surface area contributed by atoms with Crippen molar-refractivity contribution in [3.63, 3.8) is 0 Å². The molecule has 8 nitrogen and oxygen atoms in total. The highest BCUT2D eigenvalue weighted by Gasteiger charge is 2.31. The fourth-order valence-electron chi connectivity index (χ4n) is 3.42. The lowest BCUT2D eigenvalue weighted by Crippen LogP contribution is -2.36. The van der Waals surface area contributed by atoms with E-state index >= 15 is 0 Å². The van der Waals surface area contributed by atoms with E-state index in [0.717, 1.165) is 36.4 Å². The number of likely N-dealkylation sites (tertiary alicyclic amines) is 1. The largest absolute Gasteiger partial charge is 0.463 e. The van der Waals surface area contributed by atoms with Gasteiger partial charge >= 0.3 is 5.97 Å². The van der Waals surface area contributed by atoms with E-state index in [2.05, 4.69) is 20.1 Å². The molecule has 8 heteroatoms. The number of amides is 1. The molecule has 3 heterocycles. The van der Waals surface area contributed by atoms with Gasteiger partial charge in [0.05, 0.1) is 25.9 Å². The fourth-order valence-corrected chi connectivity index (χ4v) is 3.42. The molecule has 1 atom stereocenters. The number of nitrogens with zero attached hydrogens (tertiary/aromatic N) is 2. The molecule has 140 valence electrons. The van der Waals surface area contributed by atoms with Crippen molar-refractivity contribution in [1.29, 1.82) is 0 Å². The van der Waals surface area contributed by atoms with Crippen molar-refractivity contribution in [2.75, 3.05) is 20.2 Å². The van der Waals surface area contributed by atoms with Crippen LogP contribution in [0.3, 0.4) is 0 Å². The second-order valence-corrected chi connectivity index (χ2v) is 6.40. The molecule has 0 radical (unpaired) electrons. The van der Waals surface area contributed by atoms with E-state index in [0.29, 0.717) is 12.3 Å². The topological polar surface area (TPSA) is 97.8 Å². The molecular weight excluding hydrogens is 338 g/mol. The van der Waals surface area contributed by atoms with E-state index < -0.39 is 5.97 Å². The molecule has 0 bridgehead atoms. The number of aromatic nitrogens is 1. The Kier molecular flexibility index (Phi) is 5.41. The third kappa shape index (κ3) is 3.80. The number of esters is 1. The lowest BCUT2D eigenvalue weighted by Gasteiger charge is -2.23. The highest BCUT2D eigenvalue weighted by atomic mass is 16.5. The van der Waals surface area contributed by atoms with Crippen LogP contribution in [-0.4, -0.2) is 42.1 Å². The van der Waals surface area contributed by atoms with Gasteiger partial charge in [0.25, 0.3) is 0 Å². The van der Waals surface area contributed by atoms with E-state index in [-0.39, 0.29) is 24.3 Å². The van der Waals surface area contributed by atoms with Crippen molar-refractivity contribution in [2.45, 2.75) is 39.3 Å². The number of hydrogen-bond acceptors (Lipinski definition) is 7. The minimum atomic E-state index is -0.540. The van der Waals surface area contributed by atoms with Crippen LogP contribution in [0.1, 0.15) is 52.2 Å². The van der Waals surface area contributed by atoms with Crippen LogP contribution in [0.4, 0.5) is 0 Å². The number of rotatable bonds is 6. The summed E-state index contributed by atoms with van der Waals surface area (Å²) in [5, 5.41) is 6.85. The van der Waals surface area contributed by atoms with Crippen LogP contribution < -0.4 is 5.32 Å². The number of carbonyl (C=O) groups excluding carboxylic acids is 2. The summed E-state index contributed by atoms with van der Waals surface area (Å²) in [5.74, 6) is 0.796. The van der Waals surface area contributed by atoms with Crippen molar-refractivity contribution < 1.29 is 23.3 Å². The quantitative estimate of drug-likeness (QED) is 0.787. The summed E-state index contributed by atoms with van der Waals surface area (Å²) in [6.45, 7) is 5.20. The SMILES string of the molecule is COC(=O)c1ccc(CNC(=O)CN2CCC[C@@H]2c2c(C)noc2C)o1. The third-order valence-corrected chi connectivity index (χ3v) is 4.64. The van der Waals surface area contributed by atoms with Gasteiger partial charge < -0.3 is 19.0 Å². The summed E-state index contributed by atoms with van der Waals surface area (Å²) >= 11 is 0. The fraction of sp³-hybridized carbons (Fsp3) is 0.500. The third-order valence-electron chi connectivity index (χ3n) is 4.64. The number of carbonyl (C=O) groups is 2. The first-order valence-electron chi connectivity index (χ1n) is 8.60. The summed E-state index contributed by atoms with van der Waals surface area (Å²) < 4.78 is 15.2. The molecule has 0 saturated carbocycles. The molecule has 0 unspecified atom stereocenters. The van der Waals surface area contributed by atoms with Crippen LogP contribution in [0, 0.1) is 13.8 Å². The standard InChI is InChI=1S/C18H23N3O5/c1-11-17(12(2)26-20-11)14-5-4-8-21(14)10-16(22)19-9-13-6-7-15(25-13)18(23)24-3/h6-7,14H,4-5,8-10H2,1-3H3,(H,19,22)/t14-/m1/s1. The van der Waals surface area contributed by atoms with Crippen LogP contribution in [0.5, 0.6) is 0 Å². The molecule has 2 aromatic rings. The molecule has 2 aromatic heterocycles. The van der Waals surface area contributed by atoms with Gasteiger partial charge in [-0.3, -0.25) is 9.69 Å². The Hall–Kier alpha value is -2.61. The molecule has 1 aliphatic heterocycles. The van der Waals surface area contributed by atoms with Crippen molar-refractivity contribution in [3.05, 3.63) is 40.7 Å². The Bertz CT molecular complexity index is 775. The molecule has 3 rings (SSSR count). The molecule has 1 saturated heterocycles. The zero-order valence-electron chi connectivity index (χ0n) is 15.2. The zero-order chi connectivity index (χ0) is 18.7. The summed E-state index contributed by atoms with van der Waals surface area (Å²) in [6, 6.07) is 3.33. The molecule has 1 N–H and O–H groups in total. The first kappa shape index (κ1) is 18.2. The molecule has 0 aliphatic carbocycles. The monoisotopic (exact) mass is 361 g/mol. The first-order chi connectivity index (χ1) is 12.5. The van der Waals surface area contributed by atoms with E-state index in [1.165, 1.54) is 13.2 Å². The van der Waals surface area contributed by atoms with Crippen molar-refractivity contribution in [2.24, 2.45) is 0 Å². The molecular formula is C18H23N3O5. The molecule has 0 spiro atoms. The van der Waals surface area contributed by atoms with Crippen LogP contribution in [0.25, 0.3) is 0 Å². The second-order valence-electron chi connectivity index (χ2n) is 6.40. The first-order valence-corrected chi connectivity index (χ1v) is 8.60. The number of nitrogens with one attached hydrogen (secondary N) is 1. The maximum absolute atomic E-state index is 12.3. The average molecular weight is 361 g/mol. The van der Waals surface area contributed by atoms with Gasteiger partial charge in [0.15, 0.2) is 0 Å². The van der Waals surface area contributed by atoms with Crippen LogP contribution in [-0.2, 0) is 16.1 Å². The number of aryl methyl sites for hydroxylation is 2. The summed E-state index contributed by atoms with van der Waals surface area (Å²) in [4.78, 5) is 25.8. The Balaban J connectivity index is 1.56. The predicted molar refractivity (Wildman–Crippen MR) is 91.4 cm³/mol. The summed E-state index contributed by atoms with van der Waals surface area (Å²) in [5.41, 5.74) is 1.97. The number of hydrogen-bond donors (Lipinski definition) is 1. The average Bonchev–Trinajstić information content (AvgIpc) is 3.34. The van der Waals surface area contributed by atoms with E-state index in [1.807, 2.05) is 13.8 Å². The van der Waals surface area contributed by atoms with E-state index in [1.54, 1.807) is 6.07 Å². The van der Waals surface area contributed by atoms with E-state index in [9.17, 15) is 9.59 Å². The Labute approximate surface area is 151 Å². The van der Waals surface area contributed by atoms with Gasteiger partial charge in [-0.2, -0.15) is 0 Å². The highest BCUT2D eigenvalue weighted by molar-refractivity contribution is 5.86. The minimum absolute atomic E-state index is 0.0975. The highest BCUT2D eigenvalue weighted by Crippen LogP contribution is 2.35. The van der Waals surface area contributed by atoms with Gasteiger partial charge in [-0.25, -0.2) is 4.79 Å². The minimum Gasteiger partial charge on any atom is -0.463 e. The van der Waals surface area contributed by atoms with Gasteiger partial charge in [0, 0.05) is 11.6 Å². The Morgan fingerprint density at radius 2 is 2.19 bits per heavy atom. The predicted octanol–water partition coefficient (Wildman–Crippen LogP) is 2.12. The Morgan fingerprint density at radius 3 is 2.88 bits per heavy atom. The normalized spacial score (nSPS) is 17.4. The number of furan rings is 1. The summed E-state index contributed by atoms with van der Waals surface area (Å²) in [6.07, 6.45) is 2.01. The number of methoxy groups -OCH3 is 1. The zero-order valence-corrected chi connectivity index (χ0v) is 15.2. The van der Waals surface area contributed by atoms with Crippen molar-refractivity contribution in [3.8, 4) is 0 Å². The molecule has 0 aromatic carbocycles. The van der Waals surface area contributed by atoms with Crippen LogP contribution in [0.2, 0.25) is 0 Å². The summed E-state index contributed by atoms with van der Waals surface area (Å²) in [7, 11) is 1.29. The van der Waals surface area contributed by atoms with Crippen molar-refractivity contribution >= 4 is 11.9 Å². The number of ether oxygens (including phenoxy) is 1. The molecule has 1 fully saturated rings. The van der Waals surface area contributed by atoms with Gasteiger partial charge in [-0.1, -0.05) is 5.16 Å². The molecule has 1 amide bonds. The van der Waals surface area contributed by atoms with Gasteiger partial charge in [0.2, 0.25) is 11.7 Å². The van der Waals surface area contributed by atoms with Gasteiger partial charge in [-0.15, -0.1) is 0 Å². The molecule has 1 aliphatic rings. The van der Waals surface area contributed by atoms with Crippen molar-refractivity contribution in [1.82, 2.24) is 15.4 Å². The second kappa shape index (κ2) is 7.74. The van der Waals surface area contributed by atoms with Gasteiger partial charge in [0.1, 0.15) is 11.5 Å². The van der Waals surface area contributed by atoms with E-state index in [4.69, 9.17) is 8.94 Å². The maximum atomic E-state index is 12.3. The van der Waals surface area contributed by atoms with Crippen LogP contribution >= 0.6 is 0 Å². The van der Waals surface area contributed by atoms with Gasteiger partial charge in [-0.05, 0) is 45.4 Å². The van der Waals surface area contributed by atoms with Crippen LogP contribution in [0.15, 0.2) is 21.1 Å². The molecule has 26 heavy (non-hydrogen) atoms. The lowest BCUT2D eigenvalue weighted by atomic mass is 10.0. The maximum Gasteiger partial charge on any atom is 0.373 e. The lowest BCUT2D eigenvalue weighted by molar-refractivity contribution is -0.122. The smallest absolute Gasteiger partial charge is 0.373 e. The Morgan fingerprint density at radius 1 is 1.38 bits per heavy atom.